The standard InChI is InChI=1S/C17H22N2O2/c1-11(2)14-9-15(18)12(3)8-16(14)21-10-13-6-5-7-19-17(13)20-4/h5-9,11H,10,18H2,1-4H3. The van der Waals surface area contributed by atoms with E-state index in [1.807, 2.05) is 31.2 Å². The fourth-order valence-corrected chi connectivity index (χ4v) is 2.17. The minimum Gasteiger partial charge on any atom is -0.488 e. The Bertz CT molecular complexity index is 624. The normalized spacial score (nSPS) is 10.7. The first-order valence-corrected chi connectivity index (χ1v) is 7.03. The van der Waals surface area contributed by atoms with Crippen molar-refractivity contribution < 1.29 is 9.47 Å². The van der Waals surface area contributed by atoms with Crippen molar-refractivity contribution in [2.75, 3.05) is 12.8 Å². The summed E-state index contributed by atoms with van der Waals surface area (Å²) in [4.78, 5) is 4.18. The number of hydrogen-bond donors (Lipinski definition) is 1. The number of anilines is 1. The average molecular weight is 286 g/mol. The van der Waals surface area contributed by atoms with Crippen molar-refractivity contribution in [3.8, 4) is 11.6 Å². The molecule has 2 aromatic rings. The molecule has 4 nitrogen and oxygen atoms in total. The van der Waals surface area contributed by atoms with Crippen LogP contribution in [-0.2, 0) is 6.61 Å². The summed E-state index contributed by atoms with van der Waals surface area (Å²) in [5.41, 5.74) is 9.84. The average Bonchev–Trinajstić information content (AvgIpc) is 2.48. The van der Waals surface area contributed by atoms with Crippen LogP contribution >= 0.6 is 0 Å². The molecular formula is C17H22N2O2. The van der Waals surface area contributed by atoms with Gasteiger partial charge >= 0.3 is 0 Å². The molecule has 0 aliphatic carbocycles. The van der Waals surface area contributed by atoms with E-state index in [1.165, 1.54) is 0 Å². The van der Waals surface area contributed by atoms with E-state index in [9.17, 15) is 0 Å². The van der Waals surface area contributed by atoms with Gasteiger partial charge in [0.05, 0.1) is 12.7 Å². The summed E-state index contributed by atoms with van der Waals surface area (Å²) in [7, 11) is 1.61. The van der Waals surface area contributed by atoms with Crippen molar-refractivity contribution >= 4 is 5.69 Å². The maximum atomic E-state index is 5.99. The molecule has 0 aliphatic heterocycles. The topological polar surface area (TPSA) is 57.4 Å². The predicted molar refractivity (Wildman–Crippen MR) is 84.8 cm³/mol. The molecule has 1 aromatic heterocycles. The van der Waals surface area contributed by atoms with E-state index in [0.717, 1.165) is 28.1 Å². The molecule has 1 heterocycles. The van der Waals surface area contributed by atoms with Crippen LogP contribution in [0, 0.1) is 6.92 Å². The van der Waals surface area contributed by atoms with E-state index >= 15 is 0 Å². The lowest BCUT2D eigenvalue weighted by molar-refractivity contribution is 0.290. The largest absolute Gasteiger partial charge is 0.488 e. The highest BCUT2D eigenvalue weighted by atomic mass is 16.5. The number of benzene rings is 1. The zero-order valence-electron chi connectivity index (χ0n) is 13.0. The van der Waals surface area contributed by atoms with Crippen LogP contribution < -0.4 is 15.2 Å². The Morgan fingerprint density at radius 3 is 2.71 bits per heavy atom. The molecule has 0 fully saturated rings. The summed E-state index contributed by atoms with van der Waals surface area (Å²) in [6.07, 6.45) is 1.70. The Hall–Kier alpha value is -2.23. The number of nitrogen functional groups attached to an aromatic ring is 1. The third-order valence-corrected chi connectivity index (χ3v) is 3.45. The number of nitrogens with zero attached hydrogens (tertiary/aromatic N) is 1. The Morgan fingerprint density at radius 1 is 1.29 bits per heavy atom. The van der Waals surface area contributed by atoms with Crippen molar-refractivity contribution in [3.05, 3.63) is 47.2 Å². The molecule has 21 heavy (non-hydrogen) atoms. The number of pyridine rings is 1. The van der Waals surface area contributed by atoms with Crippen LogP contribution in [0.2, 0.25) is 0 Å². The highest BCUT2D eigenvalue weighted by Gasteiger charge is 2.12. The number of nitrogens with two attached hydrogens (primary N) is 1. The number of aromatic nitrogens is 1. The van der Waals surface area contributed by atoms with Crippen molar-refractivity contribution in [2.24, 2.45) is 0 Å². The molecule has 2 N–H and O–H groups in total. The summed E-state index contributed by atoms with van der Waals surface area (Å²) in [6.45, 7) is 6.65. The van der Waals surface area contributed by atoms with Gasteiger partial charge in [-0.3, -0.25) is 0 Å². The van der Waals surface area contributed by atoms with Crippen LogP contribution in [0.1, 0.15) is 36.5 Å². The minimum atomic E-state index is 0.346. The van der Waals surface area contributed by atoms with Gasteiger partial charge in [0.1, 0.15) is 12.4 Å². The zero-order valence-corrected chi connectivity index (χ0v) is 13.0. The molecule has 1 aromatic carbocycles. The molecule has 0 bridgehead atoms. The van der Waals surface area contributed by atoms with Gasteiger partial charge < -0.3 is 15.2 Å². The molecule has 0 aliphatic rings. The van der Waals surface area contributed by atoms with Gasteiger partial charge in [-0.05, 0) is 48.2 Å². The number of aryl methyl sites for hydroxylation is 1. The van der Waals surface area contributed by atoms with Crippen LogP contribution in [-0.4, -0.2) is 12.1 Å². The van der Waals surface area contributed by atoms with E-state index in [1.54, 1.807) is 13.3 Å². The van der Waals surface area contributed by atoms with Crippen LogP contribution in [0.4, 0.5) is 5.69 Å². The monoisotopic (exact) mass is 286 g/mol. The molecule has 0 radical (unpaired) electrons. The third-order valence-electron chi connectivity index (χ3n) is 3.45. The summed E-state index contributed by atoms with van der Waals surface area (Å²) in [5.74, 6) is 1.80. The van der Waals surface area contributed by atoms with Crippen molar-refractivity contribution in [1.82, 2.24) is 4.98 Å². The van der Waals surface area contributed by atoms with E-state index < -0.39 is 0 Å². The van der Waals surface area contributed by atoms with Crippen LogP contribution in [0.5, 0.6) is 11.6 Å². The number of hydrogen-bond acceptors (Lipinski definition) is 4. The maximum absolute atomic E-state index is 5.99. The van der Waals surface area contributed by atoms with Crippen LogP contribution in [0.3, 0.4) is 0 Å². The first-order valence-electron chi connectivity index (χ1n) is 7.03. The molecule has 4 heteroatoms. The van der Waals surface area contributed by atoms with E-state index in [2.05, 4.69) is 18.8 Å². The lowest BCUT2D eigenvalue weighted by Gasteiger charge is -2.17. The van der Waals surface area contributed by atoms with E-state index in [-0.39, 0.29) is 0 Å². The smallest absolute Gasteiger partial charge is 0.219 e. The fourth-order valence-electron chi connectivity index (χ4n) is 2.17. The summed E-state index contributed by atoms with van der Waals surface area (Å²) in [5, 5.41) is 0. The number of rotatable bonds is 5. The van der Waals surface area contributed by atoms with Gasteiger partial charge in [0.2, 0.25) is 5.88 Å². The molecule has 0 amide bonds. The zero-order chi connectivity index (χ0) is 15.4. The number of ether oxygens (including phenoxy) is 2. The molecule has 0 saturated carbocycles. The van der Waals surface area contributed by atoms with Crippen molar-refractivity contribution in [2.45, 2.75) is 33.3 Å². The van der Waals surface area contributed by atoms with Gasteiger partial charge in [-0.1, -0.05) is 13.8 Å². The fraction of sp³-hybridized carbons (Fsp3) is 0.353. The van der Waals surface area contributed by atoms with Gasteiger partial charge in [0, 0.05) is 11.9 Å². The van der Waals surface area contributed by atoms with Gasteiger partial charge in [0.25, 0.3) is 0 Å². The van der Waals surface area contributed by atoms with E-state index in [0.29, 0.717) is 18.4 Å². The Morgan fingerprint density at radius 2 is 2.05 bits per heavy atom. The Balaban J connectivity index is 2.25. The second kappa shape index (κ2) is 6.48. The molecule has 2 rings (SSSR count). The van der Waals surface area contributed by atoms with Gasteiger partial charge in [-0.25, -0.2) is 4.98 Å². The lowest BCUT2D eigenvalue weighted by atomic mass is 9.99. The number of methoxy groups -OCH3 is 1. The molecule has 112 valence electrons. The predicted octanol–water partition coefficient (Wildman–Crippen LogP) is 3.68. The van der Waals surface area contributed by atoms with Gasteiger partial charge in [0.15, 0.2) is 0 Å². The third kappa shape index (κ3) is 3.45. The molecule has 0 spiro atoms. The minimum absolute atomic E-state index is 0.346. The first kappa shape index (κ1) is 15.2. The molecule has 0 atom stereocenters. The molecular weight excluding hydrogens is 264 g/mol. The lowest BCUT2D eigenvalue weighted by Crippen LogP contribution is -2.04. The van der Waals surface area contributed by atoms with E-state index in [4.69, 9.17) is 15.2 Å². The molecule has 0 unspecified atom stereocenters. The summed E-state index contributed by atoms with van der Waals surface area (Å²) < 4.78 is 11.2. The summed E-state index contributed by atoms with van der Waals surface area (Å²) in [6, 6.07) is 7.81. The SMILES string of the molecule is COc1ncccc1COc1cc(C)c(N)cc1C(C)C. The first-order chi connectivity index (χ1) is 10.0. The van der Waals surface area contributed by atoms with Gasteiger partial charge in [-0.2, -0.15) is 0 Å². The Kier molecular flexibility index (Phi) is 4.68. The van der Waals surface area contributed by atoms with Crippen molar-refractivity contribution in [1.29, 1.82) is 0 Å². The second-order valence-electron chi connectivity index (χ2n) is 5.36. The Labute approximate surface area is 125 Å². The maximum Gasteiger partial charge on any atom is 0.219 e. The highest BCUT2D eigenvalue weighted by molar-refractivity contribution is 5.55. The van der Waals surface area contributed by atoms with Crippen LogP contribution in [0.25, 0.3) is 0 Å². The summed E-state index contributed by atoms with van der Waals surface area (Å²) >= 11 is 0. The quantitative estimate of drug-likeness (QED) is 0.852. The second-order valence-corrected chi connectivity index (χ2v) is 5.36. The highest BCUT2D eigenvalue weighted by Crippen LogP contribution is 2.31. The van der Waals surface area contributed by atoms with Crippen molar-refractivity contribution in [3.63, 3.8) is 0 Å². The van der Waals surface area contributed by atoms with Crippen LogP contribution in [0.15, 0.2) is 30.5 Å². The molecule has 0 saturated heterocycles. The van der Waals surface area contributed by atoms with Gasteiger partial charge in [-0.15, -0.1) is 0 Å².